The molecule has 2 unspecified atom stereocenters. The van der Waals surface area contributed by atoms with Crippen molar-refractivity contribution in [1.29, 1.82) is 0 Å². The van der Waals surface area contributed by atoms with Crippen LogP contribution in [0.15, 0.2) is 35.3 Å². The van der Waals surface area contributed by atoms with E-state index < -0.39 is 0 Å². The molecule has 1 fully saturated rings. The standard InChI is InChI=1S/C17H27N3O/c1-3-18-17(19-11-8-12-21-4-2)20-16-13-15(16)14-9-6-5-7-10-14/h5-7,9-10,15-16H,3-4,8,11-13H2,1-2H3,(H2,18,19,20). The molecular weight excluding hydrogens is 262 g/mol. The Bertz CT molecular complexity index is 433. The minimum absolute atomic E-state index is 0.511. The van der Waals surface area contributed by atoms with E-state index in [2.05, 4.69) is 52.9 Å². The summed E-state index contributed by atoms with van der Waals surface area (Å²) in [6.45, 7) is 7.38. The molecule has 2 rings (SSSR count). The predicted octanol–water partition coefficient (Wildman–Crippen LogP) is 2.52. The molecule has 1 aromatic rings. The number of rotatable bonds is 8. The molecule has 0 saturated heterocycles. The lowest BCUT2D eigenvalue weighted by atomic mass is 10.1. The maximum atomic E-state index is 5.33. The van der Waals surface area contributed by atoms with Gasteiger partial charge in [0.2, 0.25) is 0 Å². The van der Waals surface area contributed by atoms with Gasteiger partial charge >= 0.3 is 0 Å². The molecule has 4 heteroatoms. The lowest BCUT2D eigenvalue weighted by molar-refractivity contribution is 0.146. The van der Waals surface area contributed by atoms with Gasteiger partial charge in [-0.2, -0.15) is 0 Å². The molecule has 2 atom stereocenters. The Morgan fingerprint density at radius 3 is 2.81 bits per heavy atom. The van der Waals surface area contributed by atoms with Crippen molar-refractivity contribution in [3.8, 4) is 0 Å². The second-order valence-electron chi connectivity index (χ2n) is 5.31. The first-order valence-electron chi connectivity index (χ1n) is 8.02. The summed E-state index contributed by atoms with van der Waals surface area (Å²) in [6, 6.07) is 11.2. The van der Waals surface area contributed by atoms with Crippen LogP contribution in [0.25, 0.3) is 0 Å². The highest BCUT2D eigenvalue weighted by Crippen LogP contribution is 2.40. The number of nitrogens with one attached hydrogen (secondary N) is 2. The Hall–Kier alpha value is -1.55. The lowest BCUT2D eigenvalue weighted by Crippen LogP contribution is -2.39. The highest BCUT2D eigenvalue weighted by atomic mass is 16.5. The topological polar surface area (TPSA) is 45.7 Å². The Morgan fingerprint density at radius 2 is 2.10 bits per heavy atom. The Kier molecular flexibility index (Phi) is 6.54. The van der Waals surface area contributed by atoms with Crippen molar-refractivity contribution in [2.45, 2.75) is 38.6 Å². The molecule has 2 N–H and O–H groups in total. The summed E-state index contributed by atoms with van der Waals surface area (Å²) in [5.41, 5.74) is 1.42. The predicted molar refractivity (Wildman–Crippen MR) is 87.8 cm³/mol. The van der Waals surface area contributed by atoms with E-state index in [4.69, 9.17) is 4.74 Å². The third-order valence-electron chi connectivity index (χ3n) is 3.61. The van der Waals surface area contributed by atoms with Crippen LogP contribution in [-0.4, -0.2) is 38.3 Å². The number of benzene rings is 1. The molecule has 0 spiro atoms. The molecule has 0 aromatic heterocycles. The van der Waals surface area contributed by atoms with E-state index in [0.29, 0.717) is 12.0 Å². The molecule has 21 heavy (non-hydrogen) atoms. The average molecular weight is 289 g/mol. The molecule has 1 aromatic carbocycles. The third kappa shape index (κ3) is 5.38. The van der Waals surface area contributed by atoms with Crippen LogP contribution in [0.4, 0.5) is 0 Å². The van der Waals surface area contributed by atoms with Crippen LogP contribution in [0.2, 0.25) is 0 Å². The number of nitrogens with zero attached hydrogens (tertiary/aromatic N) is 1. The van der Waals surface area contributed by atoms with Crippen LogP contribution >= 0.6 is 0 Å². The fourth-order valence-electron chi connectivity index (χ4n) is 2.42. The van der Waals surface area contributed by atoms with Gasteiger partial charge in [0.15, 0.2) is 5.96 Å². The van der Waals surface area contributed by atoms with Gasteiger partial charge in [-0.1, -0.05) is 30.3 Å². The molecule has 1 aliphatic rings. The zero-order valence-corrected chi connectivity index (χ0v) is 13.1. The lowest BCUT2D eigenvalue weighted by Gasteiger charge is -2.11. The maximum Gasteiger partial charge on any atom is 0.191 e. The van der Waals surface area contributed by atoms with E-state index in [1.807, 2.05) is 6.92 Å². The minimum atomic E-state index is 0.511. The quantitative estimate of drug-likeness (QED) is 0.439. The van der Waals surface area contributed by atoms with Crippen LogP contribution in [0.3, 0.4) is 0 Å². The summed E-state index contributed by atoms with van der Waals surface area (Å²) >= 11 is 0. The molecule has 0 radical (unpaired) electrons. The molecule has 1 aliphatic carbocycles. The Morgan fingerprint density at radius 1 is 1.29 bits per heavy atom. The van der Waals surface area contributed by atoms with Gasteiger partial charge in [0, 0.05) is 38.3 Å². The van der Waals surface area contributed by atoms with Crippen molar-refractivity contribution in [3.63, 3.8) is 0 Å². The van der Waals surface area contributed by atoms with Crippen molar-refractivity contribution in [1.82, 2.24) is 10.6 Å². The zero-order valence-electron chi connectivity index (χ0n) is 13.1. The van der Waals surface area contributed by atoms with Crippen molar-refractivity contribution >= 4 is 5.96 Å². The zero-order chi connectivity index (χ0) is 14.9. The van der Waals surface area contributed by atoms with Crippen molar-refractivity contribution < 1.29 is 4.74 Å². The highest BCUT2D eigenvalue weighted by Gasteiger charge is 2.38. The summed E-state index contributed by atoms with van der Waals surface area (Å²) in [4.78, 5) is 4.61. The van der Waals surface area contributed by atoms with Gasteiger partial charge < -0.3 is 15.4 Å². The van der Waals surface area contributed by atoms with Crippen LogP contribution in [-0.2, 0) is 4.74 Å². The van der Waals surface area contributed by atoms with E-state index in [0.717, 1.165) is 38.7 Å². The van der Waals surface area contributed by atoms with Gasteiger partial charge in [-0.25, -0.2) is 0 Å². The number of ether oxygens (including phenoxy) is 1. The minimum Gasteiger partial charge on any atom is -0.382 e. The Balaban J connectivity index is 1.77. The summed E-state index contributed by atoms with van der Waals surface area (Å²) in [5.74, 6) is 1.55. The van der Waals surface area contributed by atoms with Gasteiger partial charge in [0.05, 0.1) is 0 Å². The van der Waals surface area contributed by atoms with E-state index >= 15 is 0 Å². The second kappa shape index (κ2) is 8.67. The number of aliphatic imine (C=N–C) groups is 1. The molecule has 1 saturated carbocycles. The number of hydrogen-bond donors (Lipinski definition) is 2. The van der Waals surface area contributed by atoms with Gasteiger partial charge in [0.25, 0.3) is 0 Å². The van der Waals surface area contributed by atoms with Crippen LogP contribution < -0.4 is 10.6 Å². The fourth-order valence-corrected chi connectivity index (χ4v) is 2.42. The summed E-state index contributed by atoms with van der Waals surface area (Å²) in [7, 11) is 0. The molecule has 4 nitrogen and oxygen atoms in total. The Labute approximate surface area is 128 Å². The SMILES string of the molecule is CCNC(=NCCCOCC)NC1CC1c1ccccc1. The van der Waals surface area contributed by atoms with E-state index in [9.17, 15) is 0 Å². The molecular formula is C17H27N3O. The molecule has 116 valence electrons. The highest BCUT2D eigenvalue weighted by molar-refractivity contribution is 5.80. The summed E-state index contributed by atoms with van der Waals surface area (Å²) in [6.07, 6.45) is 2.16. The van der Waals surface area contributed by atoms with E-state index in [1.54, 1.807) is 0 Å². The summed E-state index contributed by atoms with van der Waals surface area (Å²) < 4.78 is 5.33. The largest absolute Gasteiger partial charge is 0.382 e. The van der Waals surface area contributed by atoms with E-state index in [1.165, 1.54) is 12.0 Å². The van der Waals surface area contributed by atoms with E-state index in [-0.39, 0.29) is 0 Å². The van der Waals surface area contributed by atoms with Crippen LogP contribution in [0.1, 0.15) is 38.2 Å². The number of guanidine groups is 1. The van der Waals surface area contributed by atoms with Crippen molar-refractivity contribution in [2.24, 2.45) is 4.99 Å². The molecule has 0 aliphatic heterocycles. The normalized spacial score (nSPS) is 21.1. The first-order valence-corrected chi connectivity index (χ1v) is 8.02. The molecule has 0 amide bonds. The fraction of sp³-hybridized carbons (Fsp3) is 0.588. The first kappa shape index (κ1) is 15.8. The molecule has 0 bridgehead atoms. The van der Waals surface area contributed by atoms with Gasteiger partial charge in [-0.15, -0.1) is 0 Å². The van der Waals surface area contributed by atoms with Gasteiger partial charge in [-0.3, -0.25) is 4.99 Å². The average Bonchev–Trinajstić information content (AvgIpc) is 3.27. The van der Waals surface area contributed by atoms with Crippen LogP contribution in [0, 0.1) is 0 Å². The first-order chi connectivity index (χ1) is 10.3. The van der Waals surface area contributed by atoms with Crippen molar-refractivity contribution in [3.05, 3.63) is 35.9 Å². The smallest absolute Gasteiger partial charge is 0.191 e. The van der Waals surface area contributed by atoms with Gasteiger partial charge in [-0.05, 0) is 32.3 Å². The monoisotopic (exact) mass is 289 g/mol. The maximum absolute atomic E-state index is 5.33. The second-order valence-corrected chi connectivity index (χ2v) is 5.31. The number of hydrogen-bond acceptors (Lipinski definition) is 2. The summed E-state index contributed by atoms with van der Waals surface area (Å²) in [5, 5.41) is 6.84. The van der Waals surface area contributed by atoms with Crippen LogP contribution in [0.5, 0.6) is 0 Å². The third-order valence-corrected chi connectivity index (χ3v) is 3.61. The van der Waals surface area contributed by atoms with Crippen molar-refractivity contribution in [2.75, 3.05) is 26.3 Å². The molecule has 0 heterocycles. The van der Waals surface area contributed by atoms with Gasteiger partial charge in [0.1, 0.15) is 0 Å².